The minimum absolute atomic E-state index is 0.0268. The summed E-state index contributed by atoms with van der Waals surface area (Å²) in [5, 5.41) is 29.0. The van der Waals surface area contributed by atoms with Crippen LogP contribution in [-0.4, -0.2) is 59.9 Å². The zero-order valence-electron chi connectivity index (χ0n) is 16.2. The van der Waals surface area contributed by atoms with Crippen molar-refractivity contribution in [2.24, 2.45) is 5.92 Å². The van der Waals surface area contributed by atoms with Gasteiger partial charge in [-0.3, -0.25) is 14.4 Å². The number of aromatic hydroxyl groups is 2. The SMILES string of the molecule is CC(=O)SCC(CSC(C)=O)C(=O)N1C(C(=O)O)Cc2cc(O)c(O)cc2C1C. The lowest BCUT2D eigenvalue weighted by atomic mass is 9.87. The van der Waals surface area contributed by atoms with E-state index < -0.39 is 29.9 Å². The number of benzene rings is 1. The number of rotatable bonds is 6. The number of phenolic OH excluding ortho intramolecular Hbond substituents is 2. The first kappa shape index (κ1) is 23.1. The molecule has 29 heavy (non-hydrogen) atoms. The highest BCUT2D eigenvalue weighted by atomic mass is 32.2. The molecule has 0 radical (unpaired) electrons. The summed E-state index contributed by atoms with van der Waals surface area (Å²) in [6.45, 7) is 4.40. The molecule has 3 N–H and O–H groups in total. The summed E-state index contributed by atoms with van der Waals surface area (Å²) >= 11 is 1.91. The summed E-state index contributed by atoms with van der Waals surface area (Å²) < 4.78 is 0. The van der Waals surface area contributed by atoms with Crippen LogP contribution in [0.5, 0.6) is 11.5 Å². The van der Waals surface area contributed by atoms with E-state index in [-0.39, 0.29) is 39.7 Å². The van der Waals surface area contributed by atoms with E-state index in [1.54, 1.807) is 6.92 Å². The molecule has 1 aromatic carbocycles. The normalized spacial score (nSPS) is 18.4. The first-order valence-electron chi connectivity index (χ1n) is 8.89. The van der Waals surface area contributed by atoms with E-state index in [9.17, 15) is 34.5 Å². The molecule has 0 spiro atoms. The maximum absolute atomic E-state index is 13.3. The van der Waals surface area contributed by atoms with Crippen LogP contribution in [0.15, 0.2) is 12.1 Å². The van der Waals surface area contributed by atoms with E-state index >= 15 is 0 Å². The molecule has 8 nitrogen and oxygen atoms in total. The number of nitrogens with zero attached hydrogens (tertiary/aromatic N) is 1. The van der Waals surface area contributed by atoms with Gasteiger partial charge in [0.2, 0.25) is 5.91 Å². The summed E-state index contributed by atoms with van der Waals surface area (Å²) in [4.78, 5) is 49.2. The van der Waals surface area contributed by atoms with Crippen LogP contribution in [0.1, 0.15) is 37.9 Å². The molecule has 1 aromatic rings. The Bertz CT molecular complexity index is 824. The Kier molecular flexibility index (Phi) is 7.59. The number of amides is 1. The molecule has 1 heterocycles. The Morgan fingerprint density at radius 3 is 2.07 bits per heavy atom. The van der Waals surface area contributed by atoms with Crippen molar-refractivity contribution >= 4 is 45.6 Å². The monoisotopic (exact) mass is 441 g/mol. The summed E-state index contributed by atoms with van der Waals surface area (Å²) in [5.41, 5.74) is 1.08. The van der Waals surface area contributed by atoms with Crippen LogP contribution in [0.25, 0.3) is 0 Å². The van der Waals surface area contributed by atoms with E-state index in [4.69, 9.17) is 0 Å². The molecule has 0 fully saturated rings. The molecular formula is C19H23NO7S2. The van der Waals surface area contributed by atoms with Gasteiger partial charge in [-0.1, -0.05) is 23.5 Å². The molecule has 2 rings (SSSR count). The van der Waals surface area contributed by atoms with Gasteiger partial charge in [-0.15, -0.1) is 0 Å². The van der Waals surface area contributed by atoms with E-state index in [2.05, 4.69) is 0 Å². The Labute approximate surface area is 176 Å². The van der Waals surface area contributed by atoms with Crippen molar-refractivity contribution in [1.29, 1.82) is 0 Å². The maximum Gasteiger partial charge on any atom is 0.326 e. The lowest BCUT2D eigenvalue weighted by Gasteiger charge is -2.41. The fourth-order valence-electron chi connectivity index (χ4n) is 3.32. The summed E-state index contributed by atoms with van der Waals surface area (Å²) in [6, 6.07) is 0.803. The lowest BCUT2D eigenvalue weighted by molar-refractivity contribution is -0.154. The Morgan fingerprint density at radius 2 is 1.59 bits per heavy atom. The van der Waals surface area contributed by atoms with E-state index in [1.807, 2.05) is 0 Å². The minimum atomic E-state index is -1.19. The van der Waals surface area contributed by atoms with Gasteiger partial charge in [-0.05, 0) is 30.2 Å². The molecule has 1 aliphatic heterocycles. The molecular weight excluding hydrogens is 418 g/mol. The van der Waals surface area contributed by atoms with Gasteiger partial charge in [0.1, 0.15) is 6.04 Å². The number of carboxylic acids is 1. The van der Waals surface area contributed by atoms with Gasteiger partial charge in [0, 0.05) is 31.8 Å². The zero-order valence-corrected chi connectivity index (χ0v) is 17.9. The molecule has 0 saturated carbocycles. The maximum atomic E-state index is 13.3. The molecule has 10 heteroatoms. The molecule has 2 unspecified atom stereocenters. The highest BCUT2D eigenvalue weighted by Crippen LogP contribution is 2.40. The Morgan fingerprint density at radius 1 is 1.07 bits per heavy atom. The highest BCUT2D eigenvalue weighted by Gasteiger charge is 2.42. The van der Waals surface area contributed by atoms with Gasteiger partial charge >= 0.3 is 5.97 Å². The first-order valence-corrected chi connectivity index (χ1v) is 10.9. The van der Waals surface area contributed by atoms with Gasteiger partial charge in [-0.25, -0.2) is 4.79 Å². The molecule has 0 bridgehead atoms. The van der Waals surface area contributed by atoms with Crippen LogP contribution in [0, 0.1) is 5.92 Å². The van der Waals surface area contributed by atoms with Crippen LogP contribution >= 0.6 is 23.5 Å². The molecule has 1 amide bonds. The van der Waals surface area contributed by atoms with Crippen molar-refractivity contribution in [3.8, 4) is 11.5 Å². The number of aliphatic carboxylic acids is 1. The highest BCUT2D eigenvalue weighted by molar-refractivity contribution is 8.14. The van der Waals surface area contributed by atoms with Gasteiger partial charge in [-0.2, -0.15) is 0 Å². The van der Waals surface area contributed by atoms with Gasteiger partial charge in [0.25, 0.3) is 0 Å². The molecule has 2 atom stereocenters. The number of fused-ring (bicyclic) bond motifs is 1. The Hall–Kier alpha value is -2.20. The van der Waals surface area contributed by atoms with Crippen LogP contribution in [0.3, 0.4) is 0 Å². The van der Waals surface area contributed by atoms with E-state index in [1.165, 1.54) is 30.9 Å². The fourth-order valence-corrected chi connectivity index (χ4v) is 4.86. The van der Waals surface area contributed by atoms with Gasteiger partial charge in [0.05, 0.1) is 12.0 Å². The second-order valence-corrected chi connectivity index (χ2v) is 9.22. The molecule has 0 aliphatic carbocycles. The summed E-state index contributed by atoms with van der Waals surface area (Å²) in [6.07, 6.45) is -0.0268. The average molecular weight is 442 g/mol. The second-order valence-electron chi connectivity index (χ2n) is 6.82. The van der Waals surface area contributed by atoms with Crippen LogP contribution in [0.4, 0.5) is 0 Å². The topological polar surface area (TPSA) is 132 Å². The van der Waals surface area contributed by atoms with Gasteiger partial charge < -0.3 is 20.2 Å². The number of phenols is 2. The number of carbonyl (C=O) groups is 4. The predicted octanol–water partition coefficient (Wildman–Crippen LogP) is 2.17. The smallest absolute Gasteiger partial charge is 0.326 e. The van der Waals surface area contributed by atoms with Crippen LogP contribution in [0.2, 0.25) is 0 Å². The number of hydrogen-bond donors (Lipinski definition) is 3. The van der Waals surface area contributed by atoms with Crippen LogP contribution in [-0.2, 0) is 25.6 Å². The largest absolute Gasteiger partial charge is 0.504 e. The fraction of sp³-hybridized carbons (Fsp3) is 0.474. The lowest BCUT2D eigenvalue weighted by Crippen LogP contribution is -2.53. The van der Waals surface area contributed by atoms with Crippen molar-refractivity contribution in [2.75, 3.05) is 11.5 Å². The van der Waals surface area contributed by atoms with Crippen molar-refractivity contribution in [2.45, 2.75) is 39.3 Å². The molecule has 0 saturated heterocycles. The van der Waals surface area contributed by atoms with Crippen molar-refractivity contribution < 1.29 is 34.5 Å². The van der Waals surface area contributed by atoms with Crippen molar-refractivity contribution in [3.63, 3.8) is 0 Å². The first-order chi connectivity index (χ1) is 13.5. The second kappa shape index (κ2) is 9.53. The van der Waals surface area contributed by atoms with Crippen molar-refractivity contribution in [3.05, 3.63) is 23.3 Å². The van der Waals surface area contributed by atoms with Crippen LogP contribution < -0.4 is 0 Å². The average Bonchev–Trinajstić information content (AvgIpc) is 2.62. The predicted molar refractivity (Wildman–Crippen MR) is 110 cm³/mol. The Balaban J connectivity index is 2.40. The molecule has 1 aliphatic rings. The quantitative estimate of drug-likeness (QED) is 0.568. The van der Waals surface area contributed by atoms with E-state index in [0.29, 0.717) is 11.1 Å². The molecule has 158 valence electrons. The van der Waals surface area contributed by atoms with E-state index in [0.717, 1.165) is 23.5 Å². The number of carboxylic acid groups (broad SMARTS) is 1. The minimum Gasteiger partial charge on any atom is -0.504 e. The number of hydrogen-bond acceptors (Lipinski definition) is 8. The molecule has 0 aromatic heterocycles. The standard InChI is InChI=1S/C19H23NO7S2/c1-9-14-6-17(24)16(23)5-12(14)4-15(19(26)27)20(9)18(25)13(7-28-10(2)21)8-29-11(3)22/h5-6,9,13,15,23-24H,4,7-8H2,1-3H3,(H,26,27). The summed E-state index contributed by atoms with van der Waals surface area (Å²) in [5.74, 6) is -2.82. The van der Waals surface area contributed by atoms with Gasteiger partial charge in [0.15, 0.2) is 21.7 Å². The summed E-state index contributed by atoms with van der Waals surface area (Å²) in [7, 11) is 0. The number of thioether (sulfide) groups is 2. The third kappa shape index (κ3) is 5.45. The third-order valence-corrected chi connectivity index (χ3v) is 6.67. The van der Waals surface area contributed by atoms with Crippen molar-refractivity contribution in [1.82, 2.24) is 4.90 Å². The number of carbonyl (C=O) groups excluding carboxylic acids is 3. The zero-order chi connectivity index (χ0) is 21.9. The third-order valence-electron chi connectivity index (χ3n) is 4.72.